The molecule has 6 heteroatoms. The average molecular weight is 245 g/mol. The van der Waals surface area contributed by atoms with Crippen LogP contribution in [0.4, 0.5) is 0 Å². The Hall–Kier alpha value is -0.640. The molecule has 5 nitrogen and oxygen atoms in total. The van der Waals surface area contributed by atoms with Gasteiger partial charge in [-0.25, -0.2) is 4.72 Å². The molecular weight excluding hydrogens is 226 g/mol. The van der Waals surface area contributed by atoms with Gasteiger partial charge in [-0.15, -0.1) is 0 Å². The monoisotopic (exact) mass is 245 g/mol. The first kappa shape index (κ1) is 13.4. The molecule has 0 heterocycles. The summed E-state index contributed by atoms with van der Waals surface area (Å²) in [5.74, 6) is 0.248. The van der Waals surface area contributed by atoms with E-state index >= 15 is 0 Å². The summed E-state index contributed by atoms with van der Waals surface area (Å²) in [6.07, 6.45) is 3.01. The Morgan fingerprint density at radius 2 is 1.94 bits per heavy atom. The first-order chi connectivity index (χ1) is 7.39. The second kappa shape index (κ2) is 5.13. The summed E-state index contributed by atoms with van der Waals surface area (Å²) in [6, 6.07) is 2.09. The standard InChI is InChI=1S/C10H19N3O2S/c1-9(2)7-12-16(14,15)13-10(8-11)5-3-4-6-10/h9,12-13H,3-7H2,1-2H3. The highest BCUT2D eigenvalue weighted by Gasteiger charge is 2.37. The van der Waals surface area contributed by atoms with Crippen molar-refractivity contribution in [1.29, 1.82) is 5.26 Å². The van der Waals surface area contributed by atoms with Crippen LogP contribution < -0.4 is 9.44 Å². The lowest BCUT2D eigenvalue weighted by atomic mass is 10.0. The van der Waals surface area contributed by atoms with Crippen molar-refractivity contribution in [2.24, 2.45) is 5.92 Å². The van der Waals surface area contributed by atoms with E-state index in [1.807, 2.05) is 13.8 Å². The largest absolute Gasteiger partial charge is 0.278 e. The van der Waals surface area contributed by atoms with E-state index in [2.05, 4.69) is 15.5 Å². The topological polar surface area (TPSA) is 82.0 Å². The third kappa shape index (κ3) is 3.74. The molecule has 1 saturated carbocycles. The molecule has 2 N–H and O–H groups in total. The molecule has 1 rings (SSSR count). The lowest BCUT2D eigenvalue weighted by Crippen LogP contribution is -2.50. The van der Waals surface area contributed by atoms with Crippen molar-refractivity contribution in [2.45, 2.75) is 45.1 Å². The van der Waals surface area contributed by atoms with Gasteiger partial charge >= 0.3 is 0 Å². The molecule has 0 bridgehead atoms. The molecule has 0 radical (unpaired) electrons. The van der Waals surface area contributed by atoms with Gasteiger partial charge in [0.1, 0.15) is 5.54 Å². The highest BCUT2D eigenvalue weighted by molar-refractivity contribution is 7.87. The van der Waals surface area contributed by atoms with Crippen LogP contribution in [0.1, 0.15) is 39.5 Å². The Bertz CT molecular complexity index is 364. The first-order valence-electron chi connectivity index (χ1n) is 5.59. The van der Waals surface area contributed by atoms with E-state index in [9.17, 15) is 8.42 Å². The summed E-state index contributed by atoms with van der Waals surface area (Å²) in [7, 11) is -3.55. The van der Waals surface area contributed by atoms with Crippen molar-refractivity contribution in [3.63, 3.8) is 0 Å². The SMILES string of the molecule is CC(C)CNS(=O)(=O)NC1(C#N)CCCC1. The fraction of sp³-hybridized carbons (Fsp3) is 0.900. The molecule has 92 valence electrons. The summed E-state index contributed by atoms with van der Waals surface area (Å²) in [5, 5.41) is 9.05. The molecule has 1 aliphatic rings. The molecular formula is C10H19N3O2S. The van der Waals surface area contributed by atoms with Gasteiger partial charge in [-0.3, -0.25) is 0 Å². The fourth-order valence-electron chi connectivity index (χ4n) is 1.78. The molecule has 0 aliphatic heterocycles. The van der Waals surface area contributed by atoms with Crippen molar-refractivity contribution in [1.82, 2.24) is 9.44 Å². The molecule has 0 aromatic rings. The molecule has 16 heavy (non-hydrogen) atoms. The van der Waals surface area contributed by atoms with E-state index in [1.165, 1.54) is 0 Å². The second-order valence-corrected chi connectivity index (χ2v) is 6.25. The maximum atomic E-state index is 11.7. The molecule has 1 fully saturated rings. The van der Waals surface area contributed by atoms with E-state index in [4.69, 9.17) is 5.26 Å². The smallest absolute Gasteiger partial charge is 0.202 e. The van der Waals surface area contributed by atoms with Crippen LogP contribution in [0.25, 0.3) is 0 Å². The quantitative estimate of drug-likeness (QED) is 0.755. The van der Waals surface area contributed by atoms with Gasteiger partial charge in [0.2, 0.25) is 0 Å². The van der Waals surface area contributed by atoms with Gasteiger partial charge in [0.15, 0.2) is 0 Å². The van der Waals surface area contributed by atoms with Gasteiger partial charge < -0.3 is 0 Å². The number of rotatable bonds is 5. The van der Waals surface area contributed by atoms with Gasteiger partial charge in [-0.1, -0.05) is 26.7 Å². The van der Waals surface area contributed by atoms with Crippen molar-refractivity contribution < 1.29 is 8.42 Å². The highest BCUT2D eigenvalue weighted by Crippen LogP contribution is 2.29. The zero-order valence-electron chi connectivity index (χ0n) is 9.78. The van der Waals surface area contributed by atoms with Gasteiger partial charge in [0.25, 0.3) is 10.2 Å². The Labute approximate surface area is 97.4 Å². The maximum absolute atomic E-state index is 11.7. The first-order valence-corrected chi connectivity index (χ1v) is 7.07. The summed E-state index contributed by atoms with van der Waals surface area (Å²) < 4.78 is 28.3. The van der Waals surface area contributed by atoms with Crippen molar-refractivity contribution in [3.05, 3.63) is 0 Å². The van der Waals surface area contributed by atoms with Crippen LogP contribution in [0.15, 0.2) is 0 Å². The van der Waals surface area contributed by atoms with Crippen LogP contribution in [-0.2, 0) is 10.2 Å². The molecule has 0 aromatic heterocycles. The minimum atomic E-state index is -3.55. The predicted molar refractivity (Wildman–Crippen MR) is 61.7 cm³/mol. The van der Waals surface area contributed by atoms with Gasteiger partial charge in [0.05, 0.1) is 6.07 Å². The molecule has 0 spiro atoms. The fourth-order valence-corrected chi connectivity index (χ4v) is 3.17. The normalized spacial score (nSPS) is 19.9. The third-order valence-electron chi connectivity index (χ3n) is 2.68. The van der Waals surface area contributed by atoms with Crippen LogP contribution in [0.2, 0.25) is 0 Å². The summed E-state index contributed by atoms with van der Waals surface area (Å²) in [5.41, 5.74) is -0.886. The average Bonchev–Trinajstić information content (AvgIpc) is 2.64. The minimum Gasteiger partial charge on any atom is -0.202 e. The molecule has 0 unspecified atom stereocenters. The van der Waals surface area contributed by atoms with E-state index in [0.29, 0.717) is 19.4 Å². The van der Waals surface area contributed by atoms with Crippen LogP contribution in [0, 0.1) is 17.2 Å². The number of nitrogens with one attached hydrogen (secondary N) is 2. The zero-order chi connectivity index (χ0) is 12.2. The molecule has 0 aromatic carbocycles. The molecule has 1 aliphatic carbocycles. The minimum absolute atomic E-state index is 0.248. The Morgan fingerprint density at radius 3 is 2.38 bits per heavy atom. The number of hydrogen-bond donors (Lipinski definition) is 2. The molecule has 0 saturated heterocycles. The van der Waals surface area contributed by atoms with Crippen molar-refractivity contribution >= 4 is 10.2 Å². The third-order valence-corrected chi connectivity index (χ3v) is 3.89. The van der Waals surface area contributed by atoms with Gasteiger partial charge in [-0.2, -0.15) is 18.4 Å². The summed E-state index contributed by atoms with van der Waals surface area (Å²) in [4.78, 5) is 0. The van der Waals surface area contributed by atoms with Crippen LogP contribution >= 0.6 is 0 Å². The van der Waals surface area contributed by atoms with Crippen LogP contribution in [0.5, 0.6) is 0 Å². The zero-order valence-corrected chi connectivity index (χ0v) is 10.6. The van der Waals surface area contributed by atoms with Crippen molar-refractivity contribution in [2.75, 3.05) is 6.54 Å². The van der Waals surface area contributed by atoms with E-state index in [1.54, 1.807) is 0 Å². The Morgan fingerprint density at radius 1 is 1.38 bits per heavy atom. The molecule has 0 atom stereocenters. The Kier molecular flexibility index (Phi) is 4.30. The van der Waals surface area contributed by atoms with Gasteiger partial charge in [-0.05, 0) is 18.8 Å². The molecule has 0 amide bonds. The van der Waals surface area contributed by atoms with Crippen molar-refractivity contribution in [3.8, 4) is 6.07 Å². The summed E-state index contributed by atoms with van der Waals surface area (Å²) in [6.45, 7) is 4.24. The lowest BCUT2D eigenvalue weighted by molar-refractivity contribution is 0.473. The van der Waals surface area contributed by atoms with E-state index in [-0.39, 0.29) is 5.92 Å². The predicted octanol–water partition coefficient (Wildman–Crippen LogP) is 0.903. The lowest BCUT2D eigenvalue weighted by Gasteiger charge is -2.22. The van der Waals surface area contributed by atoms with Crippen LogP contribution in [0.3, 0.4) is 0 Å². The number of nitrogens with zero attached hydrogens (tertiary/aromatic N) is 1. The maximum Gasteiger partial charge on any atom is 0.278 e. The van der Waals surface area contributed by atoms with E-state index in [0.717, 1.165) is 12.8 Å². The number of hydrogen-bond acceptors (Lipinski definition) is 3. The Balaban J connectivity index is 2.61. The van der Waals surface area contributed by atoms with Crippen LogP contribution in [-0.4, -0.2) is 20.5 Å². The van der Waals surface area contributed by atoms with E-state index < -0.39 is 15.7 Å². The number of nitriles is 1. The second-order valence-electron chi connectivity index (χ2n) is 4.75. The van der Waals surface area contributed by atoms with Gasteiger partial charge in [0, 0.05) is 6.54 Å². The summed E-state index contributed by atoms with van der Waals surface area (Å²) >= 11 is 0. The highest BCUT2D eigenvalue weighted by atomic mass is 32.2.